The molecule has 5 nitrogen and oxygen atoms in total. The molecule has 1 aromatic rings. The number of Topliss-reactive ketones (excluding diaryl/α,β-unsaturated/α-hetero) is 1. The molecular weight excluding hydrogens is 282 g/mol. The third-order valence-corrected chi connectivity index (χ3v) is 5.22. The van der Waals surface area contributed by atoms with Gasteiger partial charge in [-0.25, -0.2) is 0 Å². The lowest BCUT2D eigenvalue weighted by Crippen LogP contribution is -2.27. The van der Waals surface area contributed by atoms with Crippen molar-refractivity contribution in [2.75, 3.05) is 12.1 Å². The summed E-state index contributed by atoms with van der Waals surface area (Å²) >= 11 is 0. The fourth-order valence-corrected chi connectivity index (χ4v) is 4.13. The predicted molar refractivity (Wildman–Crippen MR) is 80.1 cm³/mol. The minimum atomic E-state index is -0.0958. The van der Waals surface area contributed by atoms with Crippen LogP contribution in [-0.4, -0.2) is 18.5 Å². The van der Waals surface area contributed by atoms with E-state index in [1.54, 1.807) is 12.1 Å². The van der Waals surface area contributed by atoms with E-state index in [2.05, 4.69) is 5.32 Å². The zero-order chi connectivity index (χ0) is 15.3. The first-order valence-corrected chi connectivity index (χ1v) is 7.87. The Morgan fingerprint density at radius 3 is 2.55 bits per heavy atom. The number of hydrogen-bond donors (Lipinski definition) is 1. The van der Waals surface area contributed by atoms with Gasteiger partial charge < -0.3 is 14.8 Å². The SMILES string of the molecule is CC(=O)c1cc2c(cc1NC(=O)C1CC3CCC1C3)OCO2. The quantitative estimate of drug-likeness (QED) is 0.872. The molecule has 2 aliphatic carbocycles. The molecule has 1 N–H and O–H groups in total. The summed E-state index contributed by atoms with van der Waals surface area (Å²) in [6.45, 7) is 1.64. The van der Waals surface area contributed by atoms with Crippen LogP contribution >= 0.6 is 0 Å². The Kier molecular flexibility index (Phi) is 3.10. The fraction of sp³-hybridized carbons (Fsp3) is 0.529. The molecular formula is C17H19NO4. The number of nitrogens with one attached hydrogen (secondary N) is 1. The summed E-state index contributed by atoms with van der Waals surface area (Å²) in [6, 6.07) is 3.35. The molecule has 0 spiro atoms. The lowest BCUT2D eigenvalue weighted by Gasteiger charge is -2.21. The summed E-state index contributed by atoms with van der Waals surface area (Å²) in [7, 11) is 0. The molecule has 3 atom stereocenters. The number of fused-ring (bicyclic) bond motifs is 3. The van der Waals surface area contributed by atoms with Crippen LogP contribution in [0.15, 0.2) is 12.1 Å². The number of benzene rings is 1. The Bertz CT molecular complexity index is 654. The van der Waals surface area contributed by atoms with E-state index in [0.717, 1.165) is 12.8 Å². The highest BCUT2D eigenvalue weighted by Gasteiger charge is 2.43. The van der Waals surface area contributed by atoms with Crippen molar-refractivity contribution in [1.82, 2.24) is 0 Å². The molecule has 5 heteroatoms. The third kappa shape index (κ3) is 2.16. The summed E-state index contributed by atoms with van der Waals surface area (Å²) in [6.07, 6.45) is 4.58. The normalized spacial score (nSPS) is 28.0. The van der Waals surface area contributed by atoms with Crippen LogP contribution in [0.5, 0.6) is 11.5 Å². The van der Waals surface area contributed by atoms with Gasteiger partial charge in [0, 0.05) is 17.5 Å². The lowest BCUT2D eigenvalue weighted by atomic mass is 9.88. The van der Waals surface area contributed by atoms with Gasteiger partial charge in [-0.3, -0.25) is 9.59 Å². The van der Waals surface area contributed by atoms with Gasteiger partial charge in [0.05, 0.1) is 5.69 Å². The maximum Gasteiger partial charge on any atom is 0.231 e. The van der Waals surface area contributed by atoms with Crippen LogP contribution in [0, 0.1) is 17.8 Å². The zero-order valence-electron chi connectivity index (χ0n) is 12.6. The highest BCUT2D eigenvalue weighted by Crippen LogP contribution is 2.48. The van der Waals surface area contributed by atoms with Crippen molar-refractivity contribution >= 4 is 17.4 Å². The van der Waals surface area contributed by atoms with Crippen LogP contribution in [0.25, 0.3) is 0 Å². The molecule has 3 unspecified atom stereocenters. The van der Waals surface area contributed by atoms with E-state index in [1.165, 1.54) is 19.8 Å². The largest absolute Gasteiger partial charge is 0.454 e. The van der Waals surface area contributed by atoms with E-state index in [4.69, 9.17) is 9.47 Å². The molecule has 22 heavy (non-hydrogen) atoms. The molecule has 0 radical (unpaired) electrons. The number of carbonyl (C=O) groups is 2. The van der Waals surface area contributed by atoms with E-state index < -0.39 is 0 Å². The van der Waals surface area contributed by atoms with Crippen LogP contribution in [0.1, 0.15) is 43.0 Å². The smallest absolute Gasteiger partial charge is 0.231 e. The first kappa shape index (κ1) is 13.6. The average Bonchev–Trinajstić information content (AvgIpc) is 3.21. The van der Waals surface area contributed by atoms with Crippen LogP contribution in [0.3, 0.4) is 0 Å². The second kappa shape index (κ2) is 5.00. The number of hydrogen-bond acceptors (Lipinski definition) is 4. The minimum absolute atomic E-state index is 0.0357. The highest BCUT2D eigenvalue weighted by atomic mass is 16.7. The first-order chi connectivity index (χ1) is 10.6. The summed E-state index contributed by atoms with van der Waals surface area (Å²) in [4.78, 5) is 24.4. The summed E-state index contributed by atoms with van der Waals surface area (Å²) in [5, 5.41) is 2.95. The minimum Gasteiger partial charge on any atom is -0.454 e. The van der Waals surface area contributed by atoms with E-state index in [-0.39, 0.29) is 24.4 Å². The van der Waals surface area contributed by atoms with Gasteiger partial charge in [-0.05, 0) is 44.1 Å². The predicted octanol–water partition coefficient (Wildman–Crippen LogP) is 2.99. The molecule has 4 rings (SSSR count). The van der Waals surface area contributed by atoms with E-state index in [9.17, 15) is 9.59 Å². The van der Waals surface area contributed by atoms with E-state index in [1.807, 2.05) is 0 Å². The maximum atomic E-state index is 12.6. The molecule has 2 fully saturated rings. The molecule has 2 saturated carbocycles. The highest BCUT2D eigenvalue weighted by molar-refractivity contribution is 6.05. The molecule has 1 heterocycles. The van der Waals surface area contributed by atoms with Gasteiger partial charge in [0.2, 0.25) is 12.7 Å². The fourth-order valence-electron chi connectivity index (χ4n) is 4.13. The van der Waals surface area contributed by atoms with Crippen molar-refractivity contribution in [3.8, 4) is 11.5 Å². The van der Waals surface area contributed by atoms with Crippen molar-refractivity contribution in [2.45, 2.75) is 32.6 Å². The Morgan fingerprint density at radius 2 is 1.91 bits per heavy atom. The van der Waals surface area contributed by atoms with Gasteiger partial charge in [-0.2, -0.15) is 0 Å². The Balaban J connectivity index is 1.59. The number of amides is 1. The molecule has 3 aliphatic rings. The monoisotopic (exact) mass is 301 g/mol. The molecule has 116 valence electrons. The van der Waals surface area contributed by atoms with Crippen LogP contribution < -0.4 is 14.8 Å². The van der Waals surface area contributed by atoms with E-state index in [0.29, 0.717) is 34.6 Å². The number of ether oxygens (including phenoxy) is 2. The lowest BCUT2D eigenvalue weighted by molar-refractivity contribution is -0.121. The molecule has 1 aromatic carbocycles. The first-order valence-electron chi connectivity index (χ1n) is 7.87. The van der Waals surface area contributed by atoms with Crippen LogP contribution in [-0.2, 0) is 4.79 Å². The third-order valence-electron chi connectivity index (χ3n) is 5.22. The van der Waals surface area contributed by atoms with Crippen molar-refractivity contribution in [2.24, 2.45) is 17.8 Å². The number of ketones is 1. The topological polar surface area (TPSA) is 64.6 Å². The summed E-state index contributed by atoms with van der Waals surface area (Å²) in [5.41, 5.74) is 1.00. The van der Waals surface area contributed by atoms with Gasteiger partial charge in [0.15, 0.2) is 17.3 Å². The van der Waals surface area contributed by atoms with Gasteiger partial charge in [-0.15, -0.1) is 0 Å². The number of rotatable bonds is 3. The molecule has 1 aliphatic heterocycles. The molecule has 2 bridgehead atoms. The van der Waals surface area contributed by atoms with Gasteiger partial charge in [-0.1, -0.05) is 6.42 Å². The average molecular weight is 301 g/mol. The van der Waals surface area contributed by atoms with Gasteiger partial charge in [0.1, 0.15) is 0 Å². The Hall–Kier alpha value is -2.04. The van der Waals surface area contributed by atoms with Crippen molar-refractivity contribution in [3.05, 3.63) is 17.7 Å². The summed E-state index contributed by atoms with van der Waals surface area (Å²) in [5.74, 6) is 2.39. The van der Waals surface area contributed by atoms with Crippen LogP contribution in [0.4, 0.5) is 5.69 Å². The van der Waals surface area contributed by atoms with Crippen LogP contribution in [0.2, 0.25) is 0 Å². The maximum absolute atomic E-state index is 12.6. The van der Waals surface area contributed by atoms with Crippen molar-refractivity contribution in [1.29, 1.82) is 0 Å². The number of carbonyl (C=O) groups excluding carboxylic acids is 2. The summed E-state index contributed by atoms with van der Waals surface area (Å²) < 4.78 is 10.6. The second-order valence-electron chi connectivity index (χ2n) is 6.58. The Morgan fingerprint density at radius 1 is 1.14 bits per heavy atom. The standard InChI is InChI=1S/C17H19NO4/c1-9(19)12-6-15-16(22-8-21-15)7-14(12)18-17(20)13-5-10-2-3-11(13)4-10/h6-7,10-11,13H,2-5,8H2,1H3,(H,18,20). The van der Waals surface area contributed by atoms with Crippen molar-refractivity contribution < 1.29 is 19.1 Å². The van der Waals surface area contributed by atoms with E-state index >= 15 is 0 Å². The zero-order valence-corrected chi connectivity index (χ0v) is 12.6. The van der Waals surface area contributed by atoms with Gasteiger partial charge >= 0.3 is 0 Å². The molecule has 0 saturated heterocycles. The second-order valence-corrected chi connectivity index (χ2v) is 6.58. The Labute approximate surface area is 129 Å². The van der Waals surface area contributed by atoms with Crippen molar-refractivity contribution in [3.63, 3.8) is 0 Å². The van der Waals surface area contributed by atoms with Gasteiger partial charge in [0.25, 0.3) is 0 Å². The molecule has 1 amide bonds. The number of anilines is 1. The molecule has 0 aromatic heterocycles.